The Bertz CT molecular complexity index is 2280. The van der Waals surface area contributed by atoms with Crippen LogP contribution in [-0.2, 0) is 23.2 Å². The van der Waals surface area contributed by atoms with Crippen molar-refractivity contribution in [1.29, 1.82) is 0 Å². The number of benzene rings is 4. The topological polar surface area (TPSA) is 175 Å². The number of ether oxygens (including phenoxy) is 2. The van der Waals surface area contributed by atoms with E-state index in [1.807, 2.05) is 12.3 Å². The van der Waals surface area contributed by atoms with Crippen molar-refractivity contribution >= 4 is 12.0 Å². The molecule has 10 heteroatoms. The minimum absolute atomic E-state index is 0.00674. The normalized spacial score (nSPS) is 27.5. The monoisotopic (exact) mass is 812 g/mol. The van der Waals surface area contributed by atoms with Gasteiger partial charge in [0.05, 0.1) is 12.6 Å². The maximum Gasteiger partial charge on any atom is 0.200 e. The van der Waals surface area contributed by atoms with Crippen LogP contribution in [0.5, 0.6) is 34.5 Å². The van der Waals surface area contributed by atoms with Crippen LogP contribution >= 0.6 is 0 Å². The van der Waals surface area contributed by atoms with Gasteiger partial charge in [-0.3, -0.25) is 15.5 Å². The van der Waals surface area contributed by atoms with Crippen molar-refractivity contribution in [2.75, 3.05) is 13.3 Å². The van der Waals surface area contributed by atoms with Crippen molar-refractivity contribution in [2.24, 2.45) is 40.3 Å². The highest BCUT2D eigenvalue weighted by Crippen LogP contribution is 2.68. The number of aryl methyl sites for hydroxylation is 1. The molecule has 7 N–H and O–H groups in total. The molecule has 3 fully saturated rings. The third-order valence-electron chi connectivity index (χ3n) is 14.9. The fraction of sp³-hybridized carbons (Fsp3) is 0.440. The molecular weight excluding hydrogens is 757 g/mol. The van der Waals surface area contributed by atoms with E-state index < -0.39 is 12.0 Å². The molecule has 314 valence electrons. The molecule has 10 nitrogen and oxygen atoms in total. The second-order valence-corrected chi connectivity index (χ2v) is 18.0. The molecule has 60 heavy (non-hydrogen) atoms. The van der Waals surface area contributed by atoms with Crippen LogP contribution in [0.25, 0.3) is 0 Å². The zero-order chi connectivity index (χ0) is 41.5. The van der Waals surface area contributed by atoms with Gasteiger partial charge in [0, 0.05) is 24.1 Å². The zero-order valence-corrected chi connectivity index (χ0v) is 34.0. The van der Waals surface area contributed by atoms with E-state index in [0.29, 0.717) is 19.4 Å². The third-order valence-corrected chi connectivity index (χ3v) is 14.9. The Morgan fingerprint density at radius 3 is 2.43 bits per heavy atom. The lowest BCUT2D eigenvalue weighted by atomic mass is 9.52. The van der Waals surface area contributed by atoms with Crippen LogP contribution in [0.4, 0.5) is 0 Å². The van der Waals surface area contributed by atoms with Crippen LogP contribution in [0.1, 0.15) is 97.4 Å². The summed E-state index contributed by atoms with van der Waals surface area (Å²) >= 11 is 0. The fourth-order valence-electron chi connectivity index (χ4n) is 12.4. The second-order valence-electron chi connectivity index (χ2n) is 18.0. The number of phenols is 4. The first-order valence-electron chi connectivity index (χ1n) is 21.7. The summed E-state index contributed by atoms with van der Waals surface area (Å²) in [6.07, 6.45) is 10.9. The average molecular weight is 813 g/mol. The Labute approximate surface area is 351 Å². The van der Waals surface area contributed by atoms with Gasteiger partial charge >= 0.3 is 0 Å². The molecule has 4 aromatic carbocycles. The largest absolute Gasteiger partial charge is 0.508 e. The van der Waals surface area contributed by atoms with Gasteiger partial charge < -0.3 is 35.0 Å². The molecule has 0 amide bonds. The highest BCUT2D eigenvalue weighted by Gasteiger charge is 2.60. The number of phenolic OH excluding ortho intramolecular Hbond substituents is 4. The lowest BCUT2D eigenvalue weighted by Crippen LogP contribution is -2.51. The number of nitrogens with zero attached hydrogens (tertiary/aromatic N) is 1. The van der Waals surface area contributed by atoms with Gasteiger partial charge in [-0.25, -0.2) is 0 Å². The van der Waals surface area contributed by atoms with Gasteiger partial charge in [-0.1, -0.05) is 67.4 Å². The lowest BCUT2D eigenvalue weighted by Gasteiger charge is -2.52. The van der Waals surface area contributed by atoms with E-state index in [4.69, 9.17) is 15.2 Å². The van der Waals surface area contributed by atoms with Gasteiger partial charge in [0.15, 0.2) is 23.0 Å². The first-order chi connectivity index (χ1) is 29.1. The van der Waals surface area contributed by atoms with Crippen molar-refractivity contribution in [3.63, 3.8) is 0 Å². The SMILES string of the molecule is NCOc1cc(CCC(=O)[C@@H]2C[C@@H](CC3=CCN=C3)[C@@H]3C[C@@H]4C[C@@H](C5(c6ccccc6)CCCC5)[C@H](c5cc(O)c(O)c(OCc6cccc(O)c6)c54)[C@@H]3[C@H]2O)ccc1O. The van der Waals surface area contributed by atoms with Gasteiger partial charge in [0.25, 0.3) is 0 Å². The molecular formula is C50H56N2O8. The summed E-state index contributed by atoms with van der Waals surface area (Å²) in [5.41, 5.74) is 11.2. The van der Waals surface area contributed by atoms with Crippen molar-refractivity contribution in [3.05, 3.63) is 118 Å². The summed E-state index contributed by atoms with van der Waals surface area (Å²) in [4.78, 5) is 19.2. The van der Waals surface area contributed by atoms with E-state index in [2.05, 4.69) is 41.4 Å². The molecule has 5 aliphatic carbocycles. The Morgan fingerprint density at radius 2 is 1.68 bits per heavy atom. The fourth-order valence-corrected chi connectivity index (χ4v) is 12.4. The van der Waals surface area contributed by atoms with Crippen LogP contribution < -0.4 is 15.2 Å². The smallest absolute Gasteiger partial charge is 0.200 e. The van der Waals surface area contributed by atoms with Gasteiger partial charge in [-0.05, 0) is 144 Å². The minimum atomic E-state index is -0.944. The number of nitrogens with two attached hydrogens (primary N) is 1. The number of hydrogen-bond donors (Lipinski definition) is 6. The molecule has 4 aromatic rings. The van der Waals surface area contributed by atoms with Crippen molar-refractivity contribution in [3.8, 4) is 34.5 Å². The number of Topliss-reactive ketones (excluding diaryl/α,β-unsaturated/α-hetero) is 1. The molecule has 10 rings (SSSR count). The minimum Gasteiger partial charge on any atom is -0.508 e. The number of aliphatic hydroxyl groups excluding tert-OH is 1. The Balaban J connectivity index is 1.16. The summed E-state index contributed by atoms with van der Waals surface area (Å²) in [5.74, 6) is -0.939. The molecule has 1 aliphatic heterocycles. The first kappa shape index (κ1) is 40.1. The number of fused-ring (bicyclic) bond motifs is 1. The molecule has 0 saturated heterocycles. The molecule has 0 radical (unpaired) electrons. The van der Waals surface area contributed by atoms with Crippen LogP contribution in [-0.4, -0.2) is 56.9 Å². The number of carbonyl (C=O) groups is 1. The highest BCUT2D eigenvalue weighted by atomic mass is 16.5. The van der Waals surface area contributed by atoms with Gasteiger partial charge in [-0.15, -0.1) is 0 Å². The van der Waals surface area contributed by atoms with E-state index >= 15 is 0 Å². The average Bonchev–Trinajstić information content (AvgIpc) is 3.91. The number of allylic oxidation sites excluding steroid dienone is 1. The molecule has 2 bridgehead atoms. The van der Waals surface area contributed by atoms with E-state index in [-0.39, 0.29) is 101 Å². The maximum atomic E-state index is 14.7. The van der Waals surface area contributed by atoms with Gasteiger partial charge in [-0.2, -0.15) is 0 Å². The van der Waals surface area contributed by atoms with E-state index in [0.717, 1.165) is 72.8 Å². The number of hydrogen-bond acceptors (Lipinski definition) is 10. The molecule has 8 atom stereocenters. The van der Waals surface area contributed by atoms with Gasteiger partial charge in [0.2, 0.25) is 5.75 Å². The Hall–Kier alpha value is -5.32. The summed E-state index contributed by atoms with van der Waals surface area (Å²) < 4.78 is 11.9. The van der Waals surface area contributed by atoms with Crippen molar-refractivity contribution < 1.29 is 39.8 Å². The van der Waals surface area contributed by atoms with Gasteiger partial charge in [0.1, 0.15) is 24.9 Å². The summed E-state index contributed by atoms with van der Waals surface area (Å²) in [6, 6.07) is 24.4. The first-order valence-corrected chi connectivity index (χ1v) is 21.7. The Kier molecular flexibility index (Phi) is 11.1. The molecule has 3 saturated carbocycles. The van der Waals surface area contributed by atoms with Crippen LogP contribution in [0, 0.1) is 29.6 Å². The molecule has 0 aromatic heterocycles. The van der Waals surface area contributed by atoms with E-state index in [1.54, 1.807) is 42.5 Å². The van der Waals surface area contributed by atoms with E-state index in [1.165, 1.54) is 5.56 Å². The number of ketones is 1. The lowest BCUT2D eigenvalue weighted by molar-refractivity contribution is -0.136. The second kappa shape index (κ2) is 16.6. The van der Waals surface area contributed by atoms with Crippen LogP contribution in [0.3, 0.4) is 0 Å². The predicted molar refractivity (Wildman–Crippen MR) is 229 cm³/mol. The summed E-state index contributed by atoms with van der Waals surface area (Å²) in [5, 5.41) is 56.7. The molecule has 0 unspecified atom stereocenters. The molecule has 0 spiro atoms. The number of carbonyl (C=O) groups excluding carboxylic acids is 1. The number of aromatic hydroxyl groups is 4. The summed E-state index contributed by atoms with van der Waals surface area (Å²) in [6.45, 7) is 0.631. The number of aliphatic hydroxyl groups is 1. The molecule has 1 heterocycles. The quantitative estimate of drug-likeness (QED) is 0.0573. The van der Waals surface area contributed by atoms with Crippen molar-refractivity contribution in [1.82, 2.24) is 0 Å². The number of rotatable bonds is 13. The number of aliphatic imine (C=N–C) groups is 1. The van der Waals surface area contributed by atoms with Crippen molar-refractivity contribution in [2.45, 2.75) is 94.2 Å². The zero-order valence-electron chi connectivity index (χ0n) is 34.0. The maximum absolute atomic E-state index is 14.7. The third kappa shape index (κ3) is 7.32. The standard InChI is InChI=1S/C50H56N2O8/c51-28-60-43-21-29(12-14-41(43)55)11-13-40(54)37-22-32(19-30-15-18-52-26-30)36-23-33-24-39(50(16-4-5-17-50)34-8-2-1-3-9-34)45(46(36)47(37)57)38-25-42(56)48(58)49(44(33)38)59-27-31-7-6-10-35(53)20-31/h1-3,6-10,12,14-15,20-21,25-26,32-33,36-37,39,45-47,53,55-58H,4-5,11,13,16-19,22-24,27-28,51H2/t32-,33-,36+,37+,39-,45+,46-,47+/m1/s1. The summed E-state index contributed by atoms with van der Waals surface area (Å²) in [7, 11) is 0. The van der Waals surface area contributed by atoms with E-state index in [9.17, 15) is 30.3 Å². The predicted octanol–water partition coefficient (Wildman–Crippen LogP) is 8.32. The highest BCUT2D eigenvalue weighted by molar-refractivity contribution is 5.83. The van der Waals surface area contributed by atoms with Crippen LogP contribution in [0.2, 0.25) is 0 Å². The molecule has 6 aliphatic rings. The Morgan fingerprint density at radius 1 is 0.867 bits per heavy atom. The van der Waals surface area contributed by atoms with Crippen LogP contribution in [0.15, 0.2) is 95.5 Å².